The highest BCUT2D eigenvalue weighted by Crippen LogP contribution is 2.43. The van der Waals surface area contributed by atoms with Gasteiger partial charge in [0.05, 0.1) is 5.41 Å². The molecule has 5 atom stereocenters. The third kappa shape index (κ3) is 2.41. The van der Waals surface area contributed by atoms with E-state index in [2.05, 4.69) is 0 Å². The molecule has 0 aromatic rings. The van der Waals surface area contributed by atoms with Crippen LogP contribution in [0.3, 0.4) is 0 Å². The number of esters is 2. The molecule has 3 aliphatic heterocycles. The Morgan fingerprint density at radius 3 is 2.55 bits per heavy atom. The Kier molecular flexibility index (Phi) is 3.50. The van der Waals surface area contributed by atoms with Crippen molar-refractivity contribution >= 4 is 11.9 Å². The van der Waals surface area contributed by atoms with E-state index in [1.165, 1.54) is 0 Å². The molecule has 0 aromatic carbocycles. The van der Waals surface area contributed by atoms with E-state index in [0.29, 0.717) is 6.42 Å². The maximum absolute atomic E-state index is 12.2. The number of hydrogen-bond acceptors (Lipinski definition) is 7. The van der Waals surface area contributed by atoms with Crippen LogP contribution in [-0.4, -0.2) is 48.4 Å². The van der Waals surface area contributed by atoms with Crippen LogP contribution in [0.5, 0.6) is 0 Å². The van der Waals surface area contributed by atoms with Gasteiger partial charge in [-0.25, -0.2) is 4.79 Å². The summed E-state index contributed by atoms with van der Waals surface area (Å²) < 4.78 is 27.7. The normalized spacial score (nSPS) is 39.3. The highest BCUT2D eigenvalue weighted by molar-refractivity contribution is 5.84. The van der Waals surface area contributed by atoms with Crippen LogP contribution in [0.15, 0.2) is 0 Å². The summed E-state index contributed by atoms with van der Waals surface area (Å²) in [6, 6.07) is 0. The molecule has 7 nitrogen and oxygen atoms in total. The van der Waals surface area contributed by atoms with Crippen LogP contribution >= 0.6 is 0 Å². The zero-order valence-electron chi connectivity index (χ0n) is 13.5. The van der Waals surface area contributed by atoms with Gasteiger partial charge in [0.25, 0.3) is 0 Å². The molecule has 0 amide bonds. The van der Waals surface area contributed by atoms with E-state index >= 15 is 0 Å². The topological polar surface area (TPSA) is 80.3 Å². The lowest BCUT2D eigenvalue weighted by Crippen LogP contribution is -2.40. The summed E-state index contributed by atoms with van der Waals surface area (Å²) in [5, 5.41) is 0. The Bertz CT molecular complexity index is 498. The van der Waals surface area contributed by atoms with Crippen molar-refractivity contribution in [2.24, 2.45) is 5.41 Å². The molecule has 0 aromatic heterocycles. The standard InChI is InChI=1S/C15H22O7/c1-6-14(2,3)13(17)20-9-7-8(18-11(9)16)10-12(19-7)22-15(4,5)21-10/h7-10,12H,6H2,1-5H3/t7-,8-,9-,10-,12-/m0/s1. The minimum Gasteiger partial charge on any atom is -0.454 e. The Labute approximate surface area is 129 Å². The number of carbonyl (C=O) groups is 2. The van der Waals surface area contributed by atoms with Crippen molar-refractivity contribution in [3.8, 4) is 0 Å². The van der Waals surface area contributed by atoms with Gasteiger partial charge in [0, 0.05) is 0 Å². The molecule has 0 unspecified atom stereocenters. The lowest BCUT2D eigenvalue weighted by atomic mass is 9.90. The van der Waals surface area contributed by atoms with Gasteiger partial charge in [-0.1, -0.05) is 6.92 Å². The third-order valence-electron chi connectivity index (χ3n) is 4.48. The molecule has 3 fully saturated rings. The average molecular weight is 314 g/mol. The second-order valence-electron chi connectivity index (χ2n) is 7.03. The molecule has 0 N–H and O–H groups in total. The molecule has 3 heterocycles. The van der Waals surface area contributed by atoms with Gasteiger partial charge in [0.1, 0.15) is 6.10 Å². The lowest BCUT2D eigenvalue weighted by molar-refractivity contribution is -0.217. The minimum atomic E-state index is -1.07. The molecule has 3 aliphatic rings. The van der Waals surface area contributed by atoms with Crippen molar-refractivity contribution in [3.63, 3.8) is 0 Å². The SMILES string of the molecule is CCC(C)(C)C(=O)O[C@@H]1C(=O)O[C@@H]2[C@@H]3OC(C)(C)O[C@@H]3O[C@@H]21. The van der Waals surface area contributed by atoms with Gasteiger partial charge >= 0.3 is 11.9 Å². The van der Waals surface area contributed by atoms with E-state index < -0.39 is 53.8 Å². The number of rotatable bonds is 3. The van der Waals surface area contributed by atoms with Crippen LogP contribution in [0.2, 0.25) is 0 Å². The largest absolute Gasteiger partial charge is 0.454 e. The molecule has 0 saturated carbocycles. The van der Waals surface area contributed by atoms with Gasteiger partial charge in [0.15, 0.2) is 24.3 Å². The average Bonchev–Trinajstić information content (AvgIpc) is 2.98. The predicted octanol–water partition coefficient (Wildman–Crippen LogP) is 1.14. The summed E-state index contributed by atoms with van der Waals surface area (Å²) in [6.07, 6.45) is -2.86. The van der Waals surface area contributed by atoms with Crippen molar-refractivity contribution < 1.29 is 33.3 Å². The zero-order chi connectivity index (χ0) is 16.3. The number of ether oxygens (including phenoxy) is 5. The van der Waals surface area contributed by atoms with Gasteiger partial charge in [-0.15, -0.1) is 0 Å². The minimum absolute atomic E-state index is 0.444. The first-order valence-corrected chi connectivity index (χ1v) is 7.57. The highest BCUT2D eigenvalue weighted by Gasteiger charge is 2.64. The smallest absolute Gasteiger partial charge is 0.350 e. The van der Waals surface area contributed by atoms with Gasteiger partial charge in [-0.05, 0) is 34.1 Å². The van der Waals surface area contributed by atoms with E-state index in [0.717, 1.165) is 0 Å². The van der Waals surface area contributed by atoms with Crippen LogP contribution in [0.1, 0.15) is 41.0 Å². The monoisotopic (exact) mass is 314 g/mol. The second kappa shape index (κ2) is 4.91. The molecule has 0 bridgehead atoms. The van der Waals surface area contributed by atoms with Gasteiger partial charge < -0.3 is 23.7 Å². The number of fused-ring (bicyclic) bond motifs is 3. The molecule has 0 aliphatic carbocycles. The Morgan fingerprint density at radius 1 is 1.23 bits per heavy atom. The number of carbonyl (C=O) groups excluding carboxylic acids is 2. The fraction of sp³-hybridized carbons (Fsp3) is 0.867. The van der Waals surface area contributed by atoms with E-state index in [-0.39, 0.29) is 0 Å². The first-order valence-electron chi connectivity index (χ1n) is 7.57. The summed E-state index contributed by atoms with van der Waals surface area (Å²) in [4.78, 5) is 24.2. The van der Waals surface area contributed by atoms with Crippen LogP contribution in [0, 0.1) is 5.41 Å². The van der Waals surface area contributed by atoms with E-state index in [4.69, 9.17) is 23.7 Å². The summed E-state index contributed by atoms with van der Waals surface area (Å²) in [5.41, 5.74) is -0.665. The summed E-state index contributed by atoms with van der Waals surface area (Å²) >= 11 is 0. The second-order valence-corrected chi connectivity index (χ2v) is 7.03. The van der Waals surface area contributed by atoms with E-state index in [1.807, 2.05) is 6.92 Å². The van der Waals surface area contributed by atoms with Gasteiger partial charge in [-0.2, -0.15) is 0 Å². The highest BCUT2D eigenvalue weighted by atomic mass is 16.8. The third-order valence-corrected chi connectivity index (χ3v) is 4.48. The summed E-state index contributed by atoms with van der Waals surface area (Å²) in [6.45, 7) is 8.96. The van der Waals surface area contributed by atoms with Crippen LogP contribution in [0.4, 0.5) is 0 Å². The van der Waals surface area contributed by atoms with Crippen molar-refractivity contribution in [2.75, 3.05) is 0 Å². The maximum Gasteiger partial charge on any atom is 0.350 e. The first-order chi connectivity index (χ1) is 10.1. The quantitative estimate of drug-likeness (QED) is 0.722. The van der Waals surface area contributed by atoms with Crippen molar-refractivity contribution in [1.29, 1.82) is 0 Å². The van der Waals surface area contributed by atoms with Gasteiger partial charge in [-0.3, -0.25) is 4.79 Å². The van der Waals surface area contributed by atoms with Crippen LogP contribution in [0.25, 0.3) is 0 Å². The first kappa shape index (κ1) is 15.7. The fourth-order valence-corrected chi connectivity index (χ4v) is 2.75. The summed E-state index contributed by atoms with van der Waals surface area (Å²) in [5.74, 6) is -1.83. The molecule has 3 rings (SSSR count). The predicted molar refractivity (Wildman–Crippen MR) is 72.5 cm³/mol. The Morgan fingerprint density at radius 2 is 1.91 bits per heavy atom. The van der Waals surface area contributed by atoms with Crippen LogP contribution < -0.4 is 0 Å². The molecule has 7 heteroatoms. The van der Waals surface area contributed by atoms with Crippen LogP contribution in [-0.2, 0) is 33.3 Å². The molecule has 0 radical (unpaired) electrons. The summed E-state index contributed by atoms with van der Waals surface area (Å²) in [7, 11) is 0. The van der Waals surface area contributed by atoms with E-state index in [9.17, 15) is 9.59 Å². The number of hydrogen-bond donors (Lipinski definition) is 0. The molecule has 124 valence electrons. The van der Waals surface area contributed by atoms with Crippen molar-refractivity contribution in [2.45, 2.75) is 77.5 Å². The van der Waals surface area contributed by atoms with E-state index in [1.54, 1.807) is 27.7 Å². The van der Waals surface area contributed by atoms with Crippen molar-refractivity contribution in [3.05, 3.63) is 0 Å². The molecule has 22 heavy (non-hydrogen) atoms. The van der Waals surface area contributed by atoms with Crippen molar-refractivity contribution in [1.82, 2.24) is 0 Å². The van der Waals surface area contributed by atoms with Gasteiger partial charge in [0.2, 0.25) is 6.10 Å². The Balaban J connectivity index is 1.72. The fourth-order valence-electron chi connectivity index (χ4n) is 2.75. The molecule has 0 spiro atoms. The lowest BCUT2D eigenvalue weighted by Gasteiger charge is -2.24. The Hall–Kier alpha value is -1.18. The molecule has 3 saturated heterocycles. The molecular weight excluding hydrogens is 292 g/mol. The zero-order valence-corrected chi connectivity index (χ0v) is 13.5. The maximum atomic E-state index is 12.2. The molecular formula is C15H22O7.